The van der Waals surface area contributed by atoms with E-state index in [1.54, 1.807) is 57.5 Å². The molecule has 0 spiro atoms. The van der Waals surface area contributed by atoms with E-state index in [4.69, 9.17) is 87.0 Å². The Morgan fingerprint density at radius 2 is 0.616 bits per heavy atom. The normalized spacial score (nSPS) is 10.1. The summed E-state index contributed by atoms with van der Waals surface area (Å²) in [4.78, 5) is 11.2. The van der Waals surface area contributed by atoms with Crippen molar-refractivity contribution in [1.82, 2.24) is 0 Å². The molecule has 0 bridgehead atoms. The Hall–Kier alpha value is -4.74. The average molecular weight is 2150 g/mol. The maximum absolute atomic E-state index is 12.5. The molecule has 0 saturated heterocycles. The predicted molar refractivity (Wildman–Crippen MR) is 473 cm³/mol. The van der Waals surface area contributed by atoms with Crippen LogP contribution in [0.25, 0.3) is 99.1 Å². The largest absolute Gasteiger partial charge is 1.00 e. The molecule has 0 unspecified atom stereocenters. The first-order chi connectivity index (χ1) is 53.2. The summed E-state index contributed by atoms with van der Waals surface area (Å²) in [5, 5.41) is 37.2. The number of methoxy groups -OCH3 is 2. The molecule has 15 aromatic carbocycles. The van der Waals surface area contributed by atoms with Crippen molar-refractivity contribution in [3.05, 3.63) is 345 Å². The Bertz CT molecular complexity index is 5240. The third-order valence-corrected chi connectivity index (χ3v) is 18.5. The molecule has 0 aliphatic rings. The monoisotopic (exact) mass is 2140 g/mol. The quantitative estimate of drug-likeness (QED) is 0.0381. The van der Waals surface area contributed by atoms with E-state index in [0.717, 1.165) is 120 Å². The van der Waals surface area contributed by atoms with Crippen molar-refractivity contribution in [1.29, 1.82) is 0 Å². The standard InChI is InChI=1S/C34H20Br2Cl2O2.C24H20O2.C22H16O2.C7H6ClF.CH2Cl2.CH2O3.BBr3.2Cs.H/c35-29-13-11-25(37)19-33(29)39-31-17-24-16-28(22-9-5-2-6-10-22)32(40-34-20-26(38)12-14-30(34)36)18-23(24)15-27(31)21-7-3-1-4-8-21;1-25-23-15-19-14-22(18-11-7-4-8-12-18)24(26-2)16-20(19)13-21(23)17-9-5-3-6-10-17;23-21-13-18-12-20(16-9-5-2-6-10-16)22(24)14-17(18)11-19(21)15-7-3-1-4-8-15;1-5-2-3-6(8)4-7(5)9;2-1-3;2-1-4-3;2-1(3)4;;;/h1-20H;3-16H,1-2H3;1-14,23-24H;2-4H,1H3;1H2;1,3H;;;;/q;;;;;;;2*+1;-1/p-1. The smallest absolute Gasteiger partial charge is 1.00 e. The van der Waals surface area contributed by atoms with Gasteiger partial charge < -0.3 is 40.7 Å². The Labute approximate surface area is 836 Å². The number of rotatable bonds is 13. The average Bonchev–Trinajstić information content (AvgIpc) is 0.748. The Morgan fingerprint density at radius 3 is 0.875 bits per heavy atom. The minimum atomic E-state index is -0.248. The molecular weight excluding hydrogens is 2090 g/mol. The van der Waals surface area contributed by atoms with Crippen molar-refractivity contribution in [3.8, 4) is 113 Å². The fourth-order valence-corrected chi connectivity index (χ4v) is 12.6. The van der Waals surface area contributed by atoms with Gasteiger partial charge in [-0.25, -0.2) is 4.39 Å². The van der Waals surface area contributed by atoms with Crippen molar-refractivity contribution < 1.29 is 188 Å². The molecule has 0 amide bonds. The summed E-state index contributed by atoms with van der Waals surface area (Å²) in [6, 6.07) is 100. The third-order valence-electron chi connectivity index (χ3n) is 16.5. The minimum Gasteiger partial charge on any atom is -1.00 e. The first-order valence-corrected chi connectivity index (χ1v) is 39.8. The van der Waals surface area contributed by atoms with E-state index in [1.165, 1.54) is 6.07 Å². The van der Waals surface area contributed by atoms with Gasteiger partial charge in [0.25, 0.3) is 6.47 Å². The van der Waals surface area contributed by atoms with E-state index in [-0.39, 0.29) is 172 Å². The van der Waals surface area contributed by atoms with E-state index in [1.807, 2.05) is 170 Å². The van der Waals surface area contributed by atoms with Crippen molar-refractivity contribution in [2.45, 2.75) is 6.92 Å². The second kappa shape index (κ2) is 48.8. The zero-order valence-electron chi connectivity index (χ0n) is 61.7. The van der Waals surface area contributed by atoms with Crippen LogP contribution < -0.4 is 162 Å². The van der Waals surface area contributed by atoms with Crippen LogP contribution in [0.2, 0.25) is 15.1 Å². The summed E-state index contributed by atoms with van der Waals surface area (Å²) < 4.78 is 38.8. The first-order valence-electron chi connectivity index (χ1n) is 33.3. The van der Waals surface area contributed by atoms with E-state index in [9.17, 15) is 14.6 Å². The van der Waals surface area contributed by atoms with Crippen molar-refractivity contribution in [2.24, 2.45) is 0 Å². The van der Waals surface area contributed by atoms with Gasteiger partial charge >= 0.3 is 141 Å². The van der Waals surface area contributed by atoms with E-state index < -0.39 is 0 Å². The van der Waals surface area contributed by atoms with Gasteiger partial charge in [-0.3, -0.25) is 4.79 Å². The molecule has 0 radical (unpaired) electrons. The second-order valence-electron chi connectivity index (χ2n) is 23.6. The predicted octanol–water partition coefficient (Wildman–Crippen LogP) is 23.3. The molecule has 23 heteroatoms. The summed E-state index contributed by atoms with van der Waals surface area (Å²) in [7, 11) is 3.43. The number of aromatic hydroxyl groups is 2. The van der Waals surface area contributed by atoms with Crippen molar-refractivity contribution in [3.63, 3.8) is 0 Å². The number of hydrogen-bond donors (Lipinski definition) is 2. The van der Waals surface area contributed by atoms with Crippen LogP contribution in [0.3, 0.4) is 0 Å². The fraction of sp³-hybridized carbons (Fsp3) is 0.0449. The van der Waals surface area contributed by atoms with Crippen LogP contribution in [-0.4, -0.2) is 39.4 Å². The maximum atomic E-state index is 12.5. The molecule has 15 rings (SSSR count). The number of benzene rings is 15. The molecule has 0 aromatic heterocycles. The zero-order chi connectivity index (χ0) is 78.6. The minimum absolute atomic E-state index is 0. The number of phenolic OH excluding ortho intramolecular Hbond substituents is 2. The number of aryl methyl sites for hydroxylation is 1. The van der Waals surface area contributed by atoms with Gasteiger partial charge in [-0.2, -0.15) is 0 Å². The fourth-order valence-electron chi connectivity index (χ4n) is 11.4. The van der Waals surface area contributed by atoms with Gasteiger partial charge in [0.2, 0.25) is 0 Å². The summed E-state index contributed by atoms with van der Waals surface area (Å²) in [6.07, 6.45) is 0. The van der Waals surface area contributed by atoms with Crippen LogP contribution in [0.1, 0.15) is 6.99 Å². The molecule has 112 heavy (non-hydrogen) atoms. The van der Waals surface area contributed by atoms with E-state index in [2.05, 4.69) is 181 Å². The van der Waals surface area contributed by atoms with Crippen LogP contribution in [0.5, 0.6) is 46.0 Å². The van der Waals surface area contributed by atoms with Gasteiger partial charge in [-0.15, -0.1) is 70.5 Å². The Morgan fingerprint density at radius 1 is 0.384 bits per heavy atom. The summed E-state index contributed by atoms with van der Waals surface area (Å²) in [5.74, 6) is 4.66. The molecule has 0 heterocycles. The molecule has 15 aromatic rings. The summed E-state index contributed by atoms with van der Waals surface area (Å²) in [6.45, 7) is 1.52. The Kier molecular flexibility index (Phi) is 41.2. The zero-order valence-corrected chi connectivity index (χ0v) is 85.0. The molecule has 2 N–H and O–H groups in total. The number of carbonyl (C=O) groups is 1. The first kappa shape index (κ1) is 94.4. The summed E-state index contributed by atoms with van der Waals surface area (Å²) in [5.41, 5.74) is 12.4. The SMILES string of the molecule is BrB(Br)Br.COc1cc2cc(-c3ccccc3)c(OC)cc2cc1-c1ccccc1.Cc1ccc(Cl)cc1F.ClCCl.Clc1ccc(Br)c(Oc2cc3cc(-c4ccccc4)c(Oc4cc(Cl)ccc4Br)cc3cc2-c2ccccc2)c1.O=CO[O-].Oc1cc2cc(-c3ccccc3)c(O)cc2cc1-c1ccccc1.[Cs+].[Cs+].[H-]. The van der Waals surface area contributed by atoms with Crippen LogP contribution in [0.4, 0.5) is 4.39 Å². The number of alkyl halides is 2. The summed E-state index contributed by atoms with van der Waals surface area (Å²) >= 11 is 44.1. The van der Waals surface area contributed by atoms with Gasteiger partial charge in [0.05, 0.1) is 28.5 Å². The number of phenols is 2. The molecule has 558 valence electrons. The van der Waals surface area contributed by atoms with Crippen molar-refractivity contribution in [2.75, 3.05) is 19.6 Å². The number of carbonyl (C=O) groups excluding carboxylic acids is 1. The van der Waals surface area contributed by atoms with Crippen LogP contribution in [0, 0.1) is 12.7 Å². The molecule has 9 nitrogen and oxygen atoms in total. The van der Waals surface area contributed by atoms with E-state index in [0.29, 0.717) is 43.6 Å². The molecule has 0 aliphatic carbocycles. The van der Waals surface area contributed by atoms with Gasteiger partial charge in [-0.1, -0.05) is 223 Å². The van der Waals surface area contributed by atoms with Crippen LogP contribution in [-0.2, 0) is 9.68 Å². The molecule has 0 saturated carbocycles. The molecule has 0 atom stereocenters. The van der Waals surface area contributed by atoms with Gasteiger partial charge in [0, 0.05) is 60.6 Å². The molecular formula is C89H66BBr5Cl5Cs2FO9. The van der Waals surface area contributed by atoms with Crippen LogP contribution >= 0.6 is 137 Å². The number of ether oxygens (including phenoxy) is 4. The topological polar surface area (TPSA) is 127 Å². The third kappa shape index (κ3) is 27.7. The number of fused-ring (bicyclic) bond motifs is 3. The van der Waals surface area contributed by atoms with Gasteiger partial charge in [0.1, 0.15) is 51.8 Å². The number of halogens is 11. The number of hydrogen-bond acceptors (Lipinski definition) is 9. The van der Waals surface area contributed by atoms with Gasteiger partial charge in [-0.05, 0) is 219 Å². The Balaban J connectivity index is 0.000000238. The van der Waals surface area contributed by atoms with Gasteiger partial charge in [0.15, 0.2) is 0 Å². The van der Waals surface area contributed by atoms with Crippen molar-refractivity contribution >= 4 is 179 Å². The van der Waals surface area contributed by atoms with E-state index >= 15 is 0 Å². The maximum Gasteiger partial charge on any atom is 1.00 e. The molecule has 0 fully saturated rings. The second-order valence-corrected chi connectivity index (χ2v) is 33.8. The van der Waals surface area contributed by atoms with Crippen LogP contribution in [0.15, 0.2) is 318 Å². The molecule has 0 aliphatic heterocycles.